The summed E-state index contributed by atoms with van der Waals surface area (Å²) in [6, 6.07) is 13.6. The van der Waals surface area contributed by atoms with Gasteiger partial charge in [0.15, 0.2) is 0 Å². The maximum atomic E-state index is 12.2. The maximum absolute atomic E-state index is 12.2. The van der Waals surface area contributed by atoms with Crippen molar-refractivity contribution in [3.63, 3.8) is 0 Å². The number of benzene rings is 2. The van der Waals surface area contributed by atoms with Gasteiger partial charge in [0.1, 0.15) is 5.75 Å². The number of phenols is 1. The van der Waals surface area contributed by atoms with Crippen molar-refractivity contribution >= 4 is 23.2 Å². The monoisotopic (exact) mass is 326 g/mol. The molecular formula is C19H22N2O3. The summed E-state index contributed by atoms with van der Waals surface area (Å²) in [5, 5.41) is 11.9. The number of carbonyl (C=O) groups is 2. The van der Waals surface area contributed by atoms with Crippen molar-refractivity contribution in [3.8, 4) is 5.75 Å². The molecule has 0 unspecified atom stereocenters. The molecule has 2 N–H and O–H groups in total. The number of unbranched alkanes of at least 4 members (excludes halogenated alkanes) is 1. The fraction of sp³-hybridized carbons (Fsp3) is 0.263. The van der Waals surface area contributed by atoms with Crippen LogP contribution in [0, 0.1) is 0 Å². The van der Waals surface area contributed by atoms with Gasteiger partial charge in [0.2, 0.25) is 0 Å². The predicted molar refractivity (Wildman–Crippen MR) is 95.2 cm³/mol. The van der Waals surface area contributed by atoms with Crippen molar-refractivity contribution in [1.29, 1.82) is 0 Å². The molecule has 0 aliphatic carbocycles. The van der Waals surface area contributed by atoms with E-state index in [-0.39, 0.29) is 5.75 Å². The Morgan fingerprint density at radius 1 is 1.04 bits per heavy atom. The standard InChI is InChI=1S/C19H22N2O3/c1-3-4-5-14-6-8-15(9-7-14)20-18(23)19(24)21(2)16-10-12-17(22)13-11-16/h6-13,22H,3-5H2,1-2H3,(H,20,23). The quantitative estimate of drug-likeness (QED) is 0.828. The van der Waals surface area contributed by atoms with Crippen molar-refractivity contribution in [2.45, 2.75) is 26.2 Å². The van der Waals surface area contributed by atoms with E-state index in [4.69, 9.17) is 0 Å². The van der Waals surface area contributed by atoms with Crippen molar-refractivity contribution in [2.24, 2.45) is 0 Å². The fourth-order valence-electron chi connectivity index (χ4n) is 2.27. The van der Waals surface area contributed by atoms with E-state index in [1.165, 1.54) is 29.6 Å². The van der Waals surface area contributed by atoms with Crippen LogP contribution in [0.1, 0.15) is 25.3 Å². The van der Waals surface area contributed by atoms with Gasteiger partial charge in [0.05, 0.1) is 0 Å². The molecule has 0 radical (unpaired) electrons. The van der Waals surface area contributed by atoms with E-state index in [2.05, 4.69) is 12.2 Å². The second-order valence-corrected chi connectivity index (χ2v) is 5.64. The molecule has 0 spiro atoms. The molecule has 0 bridgehead atoms. The molecule has 0 saturated carbocycles. The summed E-state index contributed by atoms with van der Waals surface area (Å²) in [6.45, 7) is 2.14. The number of aromatic hydroxyl groups is 1. The van der Waals surface area contributed by atoms with Gasteiger partial charge in [-0.05, 0) is 54.8 Å². The number of amides is 2. The van der Waals surface area contributed by atoms with Crippen molar-refractivity contribution in [3.05, 3.63) is 54.1 Å². The number of hydrogen-bond acceptors (Lipinski definition) is 3. The minimum absolute atomic E-state index is 0.104. The van der Waals surface area contributed by atoms with Gasteiger partial charge in [0, 0.05) is 18.4 Å². The largest absolute Gasteiger partial charge is 0.508 e. The number of hydrogen-bond donors (Lipinski definition) is 2. The Kier molecular flexibility index (Phi) is 5.95. The third-order valence-electron chi connectivity index (χ3n) is 3.77. The van der Waals surface area contributed by atoms with Crippen molar-refractivity contribution < 1.29 is 14.7 Å². The second kappa shape index (κ2) is 8.15. The first-order chi connectivity index (χ1) is 11.5. The van der Waals surface area contributed by atoms with E-state index < -0.39 is 11.8 Å². The predicted octanol–water partition coefficient (Wildman–Crippen LogP) is 3.34. The zero-order valence-corrected chi connectivity index (χ0v) is 14.0. The van der Waals surface area contributed by atoms with E-state index in [9.17, 15) is 14.7 Å². The zero-order valence-electron chi connectivity index (χ0n) is 14.0. The first-order valence-electron chi connectivity index (χ1n) is 7.98. The highest BCUT2D eigenvalue weighted by atomic mass is 16.3. The second-order valence-electron chi connectivity index (χ2n) is 5.64. The van der Waals surface area contributed by atoms with Crippen LogP contribution in [0.25, 0.3) is 0 Å². The van der Waals surface area contributed by atoms with Crippen LogP contribution in [0.3, 0.4) is 0 Å². The Balaban J connectivity index is 1.98. The maximum Gasteiger partial charge on any atom is 0.316 e. The Hall–Kier alpha value is -2.82. The number of rotatable bonds is 5. The summed E-state index contributed by atoms with van der Waals surface area (Å²) in [6.07, 6.45) is 3.27. The summed E-state index contributed by atoms with van der Waals surface area (Å²) in [5.74, 6) is -1.27. The Morgan fingerprint density at radius 2 is 1.67 bits per heavy atom. The molecule has 0 aliphatic rings. The molecule has 2 aromatic rings. The normalized spacial score (nSPS) is 10.2. The number of likely N-dealkylation sites (N-methyl/N-ethyl adjacent to an activating group) is 1. The highest BCUT2D eigenvalue weighted by Crippen LogP contribution is 2.18. The molecule has 0 fully saturated rings. The van der Waals surface area contributed by atoms with Gasteiger partial charge in [-0.25, -0.2) is 0 Å². The molecule has 0 aliphatic heterocycles. The lowest BCUT2D eigenvalue weighted by Gasteiger charge is -2.17. The van der Waals surface area contributed by atoms with Crippen molar-refractivity contribution in [2.75, 3.05) is 17.3 Å². The highest BCUT2D eigenvalue weighted by Gasteiger charge is 2.20. The van der Waals surface area contributed by atoms with Crippen molar-refractivity contribution in [1.82, 2.24) is 0 Å². The molecule has 0 aromatic heterocycles. The average molecular weight is 326 g/mol. The van der Waals surface area contributed by atoms with Crippen LogP contribution in [-0.2, 0) is 16.0 Å². The van der Waals surface area contributed by atoms with E-state index in [0.717, 1.165) is 19.3 Å². The van der Waals surface area contributed by atoms with Crippen LogP contribution < -0.4 is 10.2 Å². The lowest BCUT2D eigenvalue weighted by Crippen LogP contribution is -2.37. The third-order valence-corrected chi connectivity index (χ3v) is 3.77. The number of nitrogens with one attached hydrogen (secondary N) is 1. The van der Waals surface area contributed by atoms with Gasteiger partial charge in [-0.15, -0.1) is 0 Å². The van der Waals surface area contributed by atoms with Gasteiger partial charge in [-0.3, -0.25) is 9.59 Å². The van der Waals surface area contributed by atoms with Crippen LogP contribution in [0.5, 0.6) is 5.75 Å². The third kappa shape index (κ3) is 4.59. The fourth-order valence-corrected chi connectivity index (χ4v) is 2.27. The molecule has 126 valence electrons. The van der Waals surface area contributed by atoms with Gasteiger partial charge in [0.25, 0.3) is 0 Å². The van der Waals surface area contributed by atoms with Crippen LogP contribution in [-0.4, -0.2) is 24.0 Å². The van der Waals surface area contributed by atoms with Crippen LogP contribution >= 0.6 is 0 Å². The summed E-state index contributed by atoms with van der Waals surface area (Å²) in [7, 11) is 1.52. The Bertz CT molecular complexity index is 694. The smallest absolute Gasteiger partial charge is 0.316 e. The van der Waals surface area contributed by atoms with Gasteiger partial charge < -0.3 is 15.3 Å². The molecule has 5 heteroatoms. The van der Waals surface area contributed by atoms with Crippen LogP contribution in [0.2, 0.25) is 0 Å². The number of aryl methyl sites for hydroxylation is 1. The Labute approximate surface area is 141 Å². The average Bonchev–Trinajstić information content (AvgIpc) is 2.60. The van der Waals surface area contributed by atoms with Crippen LogP contribution in [0.15, 0.2) is 48.5 Å². The first-order valence-corrected chi connectivity index (χ1v) is 7.98. The SMILES string of the molecule is CCCCc1ccc(NC(=O)C(=O)N(C)c2ccc(O)cc2)cc1. The Morgan fingerprint density at radius 3 is 2.25 bits per heavy atom. The van der Waals surface area contributed by atoms with Gasteiger partial charge >= 0.3 is 11.8 Å². The summed E-state index contributed by atoms with van der Waals surface area (Å²) in [4.78, 5) is 25.5. The topological polar surface area (TPSA) is 69.6 Å². The van der Waals surface area contributed by atoms with E-state index in [1.54, 1.807) is 24.3 Å². The number of carbonyl (C=O) groups excluding carboxylic acids is 2. The van der Waals surface area contributed by atoms with E-state index in [1.807, 2.05) is 12.1 Å². The van der Waals surface area contributed by atoms with Gasteiger partial charge in [-0.1, -0.05) is 25.5 Å². The van der Waals surface area contributed by atoms with Gasteiger partial charge in [-0.2, -0.15) is 0 Å². The molecule has 2 rings (SSSR count). The summed E-state index contributed by atoms with van der Waals surface area (Å²) >= 11 is 0. The number of nitrogens with zero attached hydrogens (tertiary/aromatic N) is 1. The van der Waals surface area contributed by atoms with E-state index >= 15 is 0 Å². The molecule has 2 amide bonds. The molecular weight excluding hydrogens is 304 g/mol. The molecule has 5 nitrogen and oxygen atoms in total. The molecule has 0 saturated heterocycles. The first kappa shape index (κ1) is 17.5. The minimum atomic E-state index is -0.702. The molecule has 0 heterocycles. The number of phenolic OH excluding ortho intramolecular Hbond substituents is 1. The lowest BCUT2D eigenvalue weighted by molar-refractivity contribution is -0.134. The molecule has 24 heavy (non-hydrogen) atoms. The van der Waals surface area contributed by atoms with E-state index in [0.29, 0.717) is 11.4 Å². The molecule has 2 aromatic carbocycles. The minimum Gasteiger partial charge on any atom is -0.508 e. The zero-order chi connectivity index (χ0) is 17.5. The molecule has 0 atom stereocenters. The summed E-state index contributed by atoms with van der Waals surface area (Å²) < 4.78 is 0. The van der Waals surface area contributed by atoms with Crippen LogP contribution in [0.4, 0.5) is 11.4 Å². The number of anilines is 2. The lowest BCUT2D eigenvalue weighted by atomic mass is 10.1. The highest BCUT2D eigenvalue weighted by molar-refractivity contribution is 6.44. The summed E-state index contributed by atoms with van der Waals surface area (Å²) in [5.41, 5.74) is 2.33.